The third-order valence-corrected chi connectivity index (χ3v) is 5.50. The summed E-state index contributed by atoms with van der Waals surface area (Å²) >= 11 is 0. The summed E-state index contributed by atoms with van der Waals surface area (Å²) in [5, 5.41) is 0. The zero-order valence-corrected chi connectivity index (χ0v) is 16.8. The van der Waals surface area contributed by atoms with Gasteiger partial charge in [0.25, 0.3) is 5.56 Å². The van der Waals surface area contributed by atoms with Gasteiger partial charge in [-0.1, -0.05) is 30.3 Å². The maximum absolute atomic E-state index is 13.3. The van der Waals surface area contributed by atoms with Crippen molar-refractivity contribution in [3.8, 4) is 0 Å². The molecular formula is C22H21N5O3. The second-order valence-corrected chi connectivity index (χ2v) is 7.42. The van der Waals surface area contributed by atoms with Crippen LogP contribution >= 0.6 is 0 Å². The first-order valence-electron chi connectivity index (χ1n) is 9.78. The van der Waals surface area contributed by atoms with Gasteiger partial charge in [0, 0.05) is 25.5 Å². The van der Waals surface area contributed by atoms with E-state index in [0.29, 0.717) is 36.5 Å². The minimum Gasteiger partial charge on any atom is -0.467 e. The lowest BCUT2D eigenvalue weighted by Crippen LogP contribution is -2.39. The standard InChI is InChI=1S/C22H21N5O3/c1-15-13-27-18-19(23-21(27)26(15)14-17-9-6-12-30-17)24(2)22(29)25(20(18)28)11-10-16-7-4-3-5-8-16/h3-9,12-13H,10-11,14H2,1-2H3. The fraction of sp³-hybridized carbons (Fsp3) is 0.227. The van der Waals surface area contributed by atoms with Crippen LogP contribution in [-0.2, 0) is 26.6 Å². The Balaban J connectivity index is 1.66. The molecule has 1 aromatic carbocycles. The number of aryl methyl sites for hydroxylation is 3. The van der Waals surface area contributed by atoms with Gasteiger partial charge < -0.3 is 8.98 Å². The van der Waals surface area contributed by atoms with E-state index in [1.54, 1.807) is 17.7 Å². The Bertz CT molecular complexity index is 1470. The molecule has 30 heavy (non-hydrogen) atoms. The first kappa shape index (κ1) is 18.2. The number of rotatable bonds is 5. The van der Waals surface area contributed by atoms with E-state index in [9.17, 15) is 9.59 Å². The zero-order valence-electron chi connectivity index (χ0n) is 16.8. The SMILES string of the molecule is Cc1cn2c3c(=O)n(CCc4ccccc4)c(=O)n(C)c3nc2n1Cc1ccco1. The zero-order chi connectivity index (χ0) is 20.8. The fourth-order valence-corrected chi connectivity index (χ4v) is 3.89. The molecule has 8 heteroatoms. The quantitative estimate of drug-likeness (QED) is 0.451. The van der Waals surface area contributed by atoms with Gasteiger partial charge in [-0.2, -0.15) is 4.98 Å². The monoisotopic (exact) mass is 403 g/mol. The Morgan fingerprint density at radius 1 is 1.03 bits per heavy atom. The molecule has 4 aromatic heterocycles. The van der Waals surface area contributed by atoms with Crippen LogP contribution in [0.4, 0.5) is 0 Å². The van der Waals surface area contributed by atoms with Gasteiger partial charge in [0.1, 0.15) is 5.76 Å². The van der Waals surface area contributed by atoms with Gasteiger partial charge in [-0.05, 0) is 31.0 Å². The minimum atomic E-state index is -0.363. The summed E-state index contributed by atoms with van der Waals surface area (Å²) in [4.78, 5) is 30.8. The molecule has 0 spiro atoms. The molecule has 0 fully saturated rings. The maximum atomic E-state index is 13.3. The van der Waals surface area contributed by atoms with Crippen LogP contribution in [0.25, 0.3) is 16.9 Å². The lowest BCUT2D eigenvalue weighted by atomic mass is 10.1. The van der Waals surface area contributed by atoms with Gasteiger partial charge in [0.05, 0.1) is 12.8 Å². The number of nitrogens with zero attached hydrogens (tertiary/aromatic N) is 5. The predicted octanol–water partition coefficient (Wildman–Crippen LogP) is 2.34. The van der Waals surface area contributed by atoms with E-state index in [4.69, 9.17) is 4.42 Å². The van der Waals surface area contributed by atoms with Gasteiger partial charge in [0.15, 0.2) is 11.2 Å². The largest absolute Gasteiger partial charge is 0.467 e. The van der Waals surface area contributed by atoms with Gasteiger partial charge in [-0.25, -0.2) is 4.79 Å². The fourth-order valence-electron chi connectivity index (χ4n) is 3.89. The molecule has 0 atom stereocenters. The van der Waals surface area contributed by atoms with Crippen molar-refractivity contribution < 1.29 is 4.42 Å². The Morgan fingerprint density at radius 2 is 1.83 bits per heavy atom. The average molecular weight is 403 g/mol. The summed E-state index contributed by atoms with van der Waals surface area (Å²) < 4.78 is 11.9. The second kappa shape index (κ2) is 6.91. The van der Waals surface area contributed by atoms with E-state index in [1.165, 1.54) is 9.13 Å². The summed E-state index contributed by atoms with van der Waals surface area (Å²) in [6.07, 6.45) is 4.10. The number of imidazole rings is 2. The molecule has 152 valence electrons. The first-order valence-corrected chi connectivity index (χ1v) is 9.78. The highest BCUT2D eigenvalue weighted by atomic mass is 16.3. The molecule has 0 aliphatic heterocycles. The normalized spacial score (nSPS) is 11.7. The maximum Gasteiger partial charge on any atom is 0.332 e. The van der Waals surface area contributed by atoms with Gasteiger partial charge in [-0.3, -0.25) is 18.3 Å². The third kappa shape index (κ3) is 2.80. The summed E-state index contributed by atoms with van der Waals surface area (Å²) in [6.45, 7) is 2.76. The molecule has 8 nitrogen and oxygen atoms in total. The van der Waals surface area contributed by atoms with Gasteiger partial charge in [0.2, 0.25) is 5.78 Å². The second-order valence-electron chi connectivity index (χ2n) is 7.42. The minimum absolute atomic E-state index is 0.310. The lowest BCUT2D eigenvalue weighted by Gasteiger charge is -2.08. The van der Waals surface area contributed by atoms with Crippen molar-refractivity contribution in [2.75, 3.05) is 0 Å². The summed E-state index contributed by atoms with van der Waals surface area (Å²) in [6, 6.07) is 13.5. The number of aromatic nitrogens is 5. The van der Waals surface area contributed by atoms with Crippen LogP contribution in [0.2, 0.25) is 0 Å². The number of hydrogen-bond donors (Lipinski definition) is 0. The lowest BCUT2D eigenvalue weighted by molar-refractivity contribution is 0.494. The molecule has 0 unspecified atom stereocenters. The summed E-state index contributed by atoms with van der Waals surface area (Å²) in [5.41, 5.74) is 2.11. The van der Waals surface area contributed by atoms with E-state index >= 15 is 0 Å². The van der Waals surface area contributed by atoms with Crippen LogP contribution < -0.4 is 11.2 Å². The number of furan rings is 1. The molecule has 0 bridgehead atoms. The van der Waals surface area contributed by atoms with E-state index in [2.05, 4.69) is 4.98 Å². The molecule has 0 saturated carbocycles. The van der Waals surface area contributed by atoms with E-state index in [0.717, 1.165) is 17.0 Å². The van der Waals surface area contributed by atoms with Crippen molar-refractivity contribution in [3.05, 3.63) is 92.8 Å². The van der Waals surface area contributed by atoms with E-state index in [-0.39, 0.29) is 11.2 Å². The molecule has 0 saturated heterocycles. The third-order valence-electron chi connectivity index (χ3n) is 5.50. The van der Waals surface area contributed by atoms with Crippen molar-refractivity contribution in [1.29, 1.82) is 0 Å². The van der Waals surface area contributed by atoms with E-state index < -0.39 is 0 Å². The van der Waals surface area contributed by atoms with Crippen molar-refractivity contribution in [2.45, 2.75) is 26.4 Å². The molecule has 0 aliphatic rings. The van der Waals surface area contributed by atoms with Crippen molar-refractivity contribution >= 4 is 16.9 Å². The first-order chi connectivity index (χ1) is 14.5. The smallest absolute Gasteiger partial charge is 0.332 e. The molecule has 0 N–H and O–H groups in total. The van der Waals surface area contributed by atoms with Crippen LogP contribution in [0.5, 0.6) is 0 Å². The van der Waals surface area contributed by atoms with Crippen molar-refractivity contribution in [1.82, 2.24) is 23.1 Å². The van der Waals surface area contributed by atoms with Crippen molar-refractivity contribution in [3.63, 3.8) is 0 Å². The molecule has 0 aliphatic carbocycles. The van der Waals surface area contributed by atoms with Crippen molar-refractivity contribution in [2.24, 2.45) is 7.05 Å². The number of fused-ring (bicyclic) bond motifs is 3. The van der Waals surface area contributed by atoms with Gasteiger partial charge in [-0.15, -0.1) is 0 Å². The van der Waals surface area contributed by atoms with Gasteiger partial charge >= 0.3 is 5.69 Å². The molecule has 5 aromatic rings. The van der Waals surface area contributed by atoms with Crippen LogP contribution in [0.15, 0.2) is 68.9 Å². The highest BCUT2D eigenvalue weighted by Gasteiger charge is 2.20. The Hall–Kier alpha value is -3.81. The van der Waals surface area contributed by atoms with Crippen LogP contribution in [-0.4, -0.2) is 23.1 Å². The molecule has 0 amide bonds. The molecular weight excluding hydrogens is 382 g/mol. The van der Waals surface area contributed by atoms with Crippen LogP contribution in [0.3, 0.4) is 0 Å². The number of hydrogen-bond acceptors (Lipinski definition) is 4. The molecule has 0 radical (unpaired) electrons. The summed E-state index contributed by atoms with van der Waals surface area (Å²) in [5.74, 6) is 1.39. The highest BCUT2D eigenvalue weighted by Crippen LogP contribution is 2.18. The van der Waals surface area contributed by atoms with Crippen LogP contribution in [0.1, 0.15) is 17.0 Å². The Morgan fingerprint density at radius 3 is 2.57 bits per heavy atom. The predicted molar refractivity (Wildman–Crippen MR) is 113 cm³/mol. The molecule has 5 rings (SSSR count). The highest BCUT2D eigenvalue weighted by molar-refractivity contribution is 5.75. The van der Waals surface area contributed by atoms with E-state index in [1.807, 2.05) is 60.2 Å². The number of benzene rings is 1. The van der Waals surface area contributed by atoms with Crippen LogP contribution in [0, 0.1) is 6.92 Å². The Kier molecular flexibility index (Phi) is 4.20. The molecule has 4 heterocycles. The topological polar surface area (TPSA) is 79.4 Å². The Labute approximate surface area is 171 Å². The average Bonchev–Trinajstić information content (AvgIpc) is 3.45. The summed E-state index contributed by atoms with van der Waals surface area (Å²) in [7, 11) is 1.65.